The van der Waals surface area contributed by atoms with Gasteiger partial charge in [-0.25, -0.2) is 8.42 Å². The highest BCUT2D eigenvalue weighted by molar-refractivity contribution is 8.13. The first-order chi connectivity index (χ1) is 7.88. The summed E-state index contributed by atoms with van der Waals surface area (Å²) in [6.45, 7) is 0. The van der Waals surface area contributed by atoms with E-state index in [4.69, 9.17) is 10.7 Å². The number of rotatable bonds is 2. The van der Waals surface area contributed by atoms with Crippen molar-refractivity contribution in [3.05, 3.63) is 29.3 Å². The molecule has 2 rings (SSSR count). The lowest BCUT2D eigenvalue weighted by atomic mass is 9.97. The van der Waals surface area contributed by atoms with Crippen LogP contribution in [-0.2, 0) is 26.0 Å². The van der Waals surface area contributed by atoms with Crippen molar-refractivity contribution in [1.82, 2.24) is 0 Å². The molecule has 0 bridgehead atoms. The Balaban J connectivity index is 2.48. The number of amides is 1. The molecule has 0 saturated carbocycles. The summed E-state index contributed by atoms with van der Waals surface area (Å²) in [6.07, 6.45) is 0.976. The maximum Gasteiger partial charge on any atom is 0.236 e. The van der Waals surface area contributed by atoms with Gasteiger partial charge in [0.25, 0.3) is 0 Å². The maximum absolute atomic E-state index is 11.5. The third kappa shape index (κ3) is 2.61. The fourth-order valence-electron chi connectivity index (χ4n) is 2.08. The lowest BCUT2D eigenvalue weighted by Crippen LogP contribution is -2.31. The molecule has 6 heteroatoms. The number of benzene rings is 1. The topological polar surface area (TPSA) is 54.5 Å². The van der Waals surface area contributed by atoms with Crippen LogP contribution in [0.1, 0.15) is 17.5 Å². The lowest BCUT2D eigenvalue weighted by molar-refractivity contribution is -0.118. The Hall–Kier alpha value is -1.07. The minimum Gasteiger partial charge on any atom is -0.315 e. The Labute approximate surface area is 105 Å². The van der Waals surface area contributed by atoms with E-state index < -0.39 is 9.05 Å². The zero-order valence-corrected chi connectivity index (χ0v) is 10.9. The van der Waals surface area contributed by atoms with Crippen LogP contribution in [-0.4, -0.2) is 21.4 Å². The molecule has 1 heterocycles. The van der Waals surface area contributed by atoms with E-state index in [0.717, 1.165) is 11.3 Å². The number of carbonyl (C=O) groups is 1. The highest BCUT2D eigenvalue weighted by Gasteiger charge is 2.23. The van der Waals surface area contributed by atoms with Gasteiger partial charge in [0.2, 0.25) is 15.0 Å². The van der Waals surface area contributed by atoms with Crippen LogP contribution < -0.4 is 4.90 Å². The molecule has 17 heavy (non-hydrogen) atoms. The molecule has 0 radical (unpaired) electrons. The molecule has 1 amide bonds. The molecule has 0 atom stereocenters. The molecular formula is C11H12ClNO3S. The standard InChI is InChI=1S/C11H12ClNO3S/c1-13-10-4-2-3-8(7-17(12,15)16)9(10)5-6-11(13)14/h2-4H,5-7H2,1H3. The summed E-state index contributed by atoms with van der Waals surface area (Å²) in [5, 5.41) is 0. The van der Waals surface area contributed by atoms with Crippen LogP contribution in [0, 0.1) is 0 Å². The summed E-state index contributed by atoms with van der Waals surface area (Å²) in [5.41, 5.74) is 2.36. The van der Waals surface area contributed by atoms with Gasteiger partial charge in [0.15, 0.2) is 0 Å². The Morgan fingerprint density at radius 3 is 2.71 bits per heavy atom. The normalized spacial score (nSPS) is 15.9. The van der Waals surface area contributed by atoms with E-state index in [2.05, 4.69) is 0 Å². The van der Waals surface area contributed by atoms with Crippen molar-refractivity contribution >= 4 is 31.3 Å². The number of halogens is 1. The van der Waals surface area contributed by atoms with Crippen LogP contribution in [0.3, 0.4) is 0 Å². The highest BCUT2D eigenvalue weighted by Crippen LogP contribution is 2.30. The molecule has 0 spiro atoms. The average Bonchev–Trinajstić information content (AvgIpc) is 2.22. The van der Waals surface area contributed by atoms with Gasteiger partial charge in [-0.05, 0) is 23.6 Å². The third-order valence-electron chi connectivity index (χ3n) is 2.90. The van der Waals surface area contributed by atoms with Crippen molar-refractivity contribution in [2.45, 2.75) is 18.6 Å². The van der Waals surface area contributed by atoms with Crippen LogP contribution in [0.25, 0.3) is 0 Å². The minimum absolute atomic E-state index is 0.0448. The van der Waals surface area contributed by atoms with E-state index in [1.807, 2.05) is 6.07 Å². The quantitative estimate of drug-likeness (QED) is 0.770. The van der Waals surface area contributed by atoms with Crippen LogP contribution in [0.4, 0.5) is 5.69 Å². The first-order valence-electron chi connectivity index (χ1n) is 5.18. The number of hydrogen-bond donors (Lipinski definition) is 0. The van der Waals surface area contributed by atoms with Gasteiger partial charge in [0.1, 0.15) is 0 Å². The van der Waals surface area contributed by atoms with Crippen LogP contribution in [0.2, 0.25) is 0 Å². The zero-order chi connectivity index (χ0) is 12.6. The summed E-state index contributed by atoms with van der Waals surface area (Å²) in [6, 6.07) is 5.30. The first kappa shape index (κ1) is 12.4. The Morgan fingerprint density at radius 1 is 1.35 bits per heavy atom. The number of hydrogen-bond acceptors (Lipinski definition) is 3. The number of anilines is 1. The molecule has 1 aromatic rings. The van der Waals surface area contributed by atoms with Crippen LogP contribution >= 0.6 is 10.7 Å². The zero-order valence-electron chi connectivity index (χ0n) is 9.31. The molecule has 0 fully saturated rings. The van der Waals surface area contributed by atoms with Gasteiger partial charge < -0.3 is 4.90 Å². The molecule has 1 aliphatic heterocycles. The van der Waals surface area contributed by atoms with Gasteiger partial charge in [-0.3, -0.25) is 4.79 Å². The molecule has 92 valence electrons. The monoisotopic (exact) mass is 273 g/mol. The van der Waals surface area contributed by atoms with Crippen molar-refractivity contribution in [2.75, 3.05) is 11.9 Å². The highest BCUT2D eigenvalue weighted by atomic mass is 35.7. The Bertz CT molecular complexity index is 568. The van der Waals surface area contributed by atoms with E-state index in [9.17, 15) is 13.2 Å². The molecule has 4 nitrogen and oxygen atoms in total. The van der Waals surface area contributed by atoms with Gasteiger partial charge in [-0.1, -0.05) is 12.1 Å². The van der Waals surface area contributed by atoms with E-state index in [0.29, 0.717) is 18.4 Å². The molecule has 0 aromatic heterocycles. The van der Waals surface area contributed by atoms with Crippen molar-refractivity contribution in [3.8, 4) is 0 Å². The van der Waals surface area contributed by atoms with Gasteiger partial charge in [-0.15, -0.1) is 0 Å². The second-order valence-corrected chi connectivity index (χ2v) is 6.83. The predicted octanol–water partition coefficient (Wildman–Crippen LogP) is 1.66. The van der Waals surface area contributed by atoms with Gasteiger partial charge in [0, 0.05) is 29.8 Å². The van der Waals surface area contributed by atoms with Crippen molar-refractivity contribution in [3.63, 3.8) is 0 Å². The van der Waals surface area contributed by atoms with E-state index in [-0.39, 0.29) is 11.7 Å². The largest absolute Gasteiger partial charge is 0.315 e. The SMILES string of the molecule is CN1C(=O)CCc2c(CS(=O)(=O)Cl)cccc21. The average molecular weight is 274 g/mol. The Kier molecular flexibility index (Phi) is 3.14. The fraction of sp³-hybridized carbons (Fsp3) is 0.364. The van der Waals surface area contributed by atoms with E-state index in [1.165, 1.54) is 0 Å². The second kappa shape index (κ2) is 4.31. The van der Waals surface area contributed by atoms with Gasteiger partial charge >= 0.3 is 0 Å². The second-order valence-electron chi connectivity index (χ2n) is 4.05. The predicted molar refractivity (Wildman–Crippen MR) is 66.6 cm³/mol. The summed E-state index contributed by atoms with van der Waals surface area (Å²) < 4.78 is 22.2. The third-order valence-corrected chi connectivity index (χ3v) is 3.88. The van der Waals surface area contributed by atoms with Crippen molar-refractivity contribution in [1.29, 1.82) is 0 Å². The summed E-state index contributed by atoms with van der Waals surface area (Å²) in [4.78, 5) is 13.1. The molecule has 1 aliphatic rings. The van der Waals surface area contributed by atoms with Crippen LogP contribution in [0.5, 0.6) is 0 Å². The molecule has 0 saturated heterocycles. The first-order valence-corrected chi connectivity index (χ1v) is 7.66. The molecule has 0 unspecified atom stereocenters. The maximum atomic E-state index is 11.5. The summed E-state index contributed by atoms with van der Waals surface area (Å²) >= 11 is 0. The van der Waals surface area contributed by atoms with Crippen LogP contribution in [0.15, 0.2) is 18.2 Å². The fourth-order valence-corrected chi connectivity index (χ4v) is 3.07. The van der Waals surface area contributed by atoms with Crippen molar-refractivity contribution < 1.29 is 13.2 Å². The van der Waals surface area contributed by atoms with E-state index >= 15 is 0 Å². The molecular weight excluding hydrogens is 262 g/mol. The van der Waals surface area contributed by atoms with Gasteiger partial charge in [-0.2, -0.15) is 0 Å². The smallest absolute Gasteiger partial charge is 0.236 e. The molecule has 1 aromatic carbocycles. The summed E-state index contributed by atoms with van der Waals surface area (Å²) in [7, 11) is 3.39. The number of carbonyl (C=O) groups excluding carboxylic acids is 1. The summed E-state index contributed by atoms with van der Waals surface area (Å²) in [5.74, 6) is -0.150. The minimum atomic E-state index is -3.57. The lowest BCUT2D eigenvalue weighted by Gasteiger charge is -2.27. The van der Waals surface area contributed by atoms with Crippen molar-refractivity contribution in [2.24, 2.45) is 0 Å². The number of nitrogens with zero attached hydrogens (tertiary/aromatic N) is 1. The number of fused-ring (bicyclic) bond motifs is 1. The van der Waals surface area contributed by atoms with E-state index in [1.54, 1.807) is 24.1 Å². The molecule has 0 N–H and O–H groups in total. The molecule has 0 aliphatic carbocycles. The van der Waals surface area contributed by atoms with Gasteiger partial charge in [0.05, 0.1) is 5.75 Å². The Morgan fingerprint density at radius 2 is 2.06 bits per heavy atom.